The monoisotopic (exact) mass is 424 g/mol. The molecule has 134 valence electrons. The molecule has 1 aromatic heterocycles. The number of nitrogens with zero attached hydrogens (tertiary/aromatic N) is 2. The highest BCUT2D eigenvalue weighted by Gasteiger charge is 2.29. The van der Waals surface area contributed by atoms with Crippen LogP contribution in [0.5, 0.6) is 0 Å². The lowest BCUT2D eigenvalue weighted by Crippen LogP contribution is -2.20. The van der Waals surface area contributed by atoms with Gasteiger partial charge in [-0.05, 0) is 46.3 Å². The van der Waals surface area contributed by atoms with Gasteiger partial charge in [-0.1, -0.05) is 18.2 Å². The molecule has 6 nitrogen and oxygen atoms in total. The van der Waals surface area contributed by atoms with E-state index in [1.165, 1.54) is 12.1 Å². The molecule has 0 radical (unpaired) electrons. The fourth-order valence-corrected chi connectivity index (χ4v) is 3.64. The van der Waals surface area contributed by atoms with Gasteiger partial charge in [-0.2, -0.15) is 0 Å². The largest absolute Gasteiger partial charge is 0.457 e. The van der Waals surface area contributed by atoms with Crippen molar-refractivity contribution < 1.29 is 14.1 Å². The van der Waals surface area contributed by atoms with Crippen LogP contribution < -0.4 is 4.90 Å². The van der Waals surface area contributed by atoms with E-state index in [-0.39, 0.29) is 11.6 Å². The molecule has 0 N–H and O–H groups in total. The Bertz CT molecular complexity index is 1120. The highest BCUT2D eigenvalue weighted by atomic mass is 79.9. The molecule has 0 saturated carbocycles. The second kappa shape index (κ2) is 6.51. The Hall–Kier alpha value is -3.19. The third-order valence-electron chi connectivity index (χ3n) is 4.43. The summed E-state index contributed by atoms with van der Waals surface area (Å²) < 4.78 is 6.43. The van der Waals surface area contributed by atoms with Crippen molar-refractivity contribution in [2.75, 3.05) is 11.9 Å². The lowest BCUT2D eigenvalue weighted by molar-refractivity contribution is -0.384. The third-order valence-corrected chi connectivity index (χ3v) is 5.09. The van der Waals surface area contributed by atoms with Gasteiger partial charge in [-0.15, -0.1) is 0 Å². The van der Waals surface area contributed by atoms with Crippen molar-refractivity contribution in [1.29, 1.82) is 0 Å². The van der Waals surface area contributed by atoms with Gasteiger partial charge >= 0.3 is 0 Å². The molecular weight excluding hydrogens is 412 g/mol. The Balaban J connectivity index is 1.71. The molecule has 2 aromatic carbocycles. The summed E-state index contributed by atoms with van der Waals surface area (Å²) in [6, 6.07) is 15.6. The van der Waals surface area contributed by atoms with E-state index in [2.05, 4.69) is 15.9 Å². The molecule has 1 aliphatic heterocycles. The number of nitro groups is 1. The molecule has 0 fully saturated rings. The molecule has 0 spiro atoms. The minimum Gasteiger partial charge on any atom is -0.457 e. The van der Waals surface area contributed by atoms with Crippen molar-refractivity contribution in [2.45, 2.75) is 0 Å². The van der Waals surface area contributed by atoms with Gasteiger partial charge in [-0.3, -0.25) is 14.9 Å². The van der Waals surface area contributed by atoms with Gasteiger partial charge in [0.1, 0.15) is 11.5 Å². The van der Waals surface area contributed by atoms with E-state index in [4.69, 9.17) is 4.42 Å². The number of carbonyl (C=O) groups excluding carboxylic acids is 1. The molecule has 27 heavy (non-hydrogen) atoms. The smallest absolute Gasteiger partial charge is 0.270 e. The van der Waals surface area contributed by atoms with Crippen LogP contribution in [0.15, 0.2) is 63.5 Å². The number of rotatable bonds is 3. The molecule has 2 heterocycles. The fourth-order valence-electron chi connectivity index (χ4n) is 3.07. The first-order valence-corrected chi connectivity index (χ1v) is 8.88. The van der Waals surface area contributed by atoms with Crippen LogP contribution in [0, 0.1) is 10.1 Å². The molecule has 7 heteroatoms. The molecule has 4 rings (SSSR count). The minimum absolute atomic E-state index is 0.00396. The summed E-state index contributed by atoms with van der Waals surface area (Å²) >= 11 is 3.35. The second-order valence-corrected chi connectivity index (χ2v) is 6.92. The van der Waals surface area contributed by atoms with Crippen LogP contribution in [0.2, 0.25) is 0 Å². The summed E-state index contributed by atoms with van der Waals surface area (Å²) in [6.45, 7) is 0. The Morgan fingerprint density at radius 2 is 1.89 bits per heavy atom. The molecule has 0 saturated heterocycles. The fraction of sp³-hybridized carbons (Fsp3) is 0.0500. The van der Waals surface area contributed by atoms with Crippen LogP contribution in [-0.4, -0.2) is 17.9 Å². The average Bonchev–Trinajstić information content (AvgIpc) is 3.21. The van der Waals surface area contributed by atoms with Gasteiger partial charge in [-0.25, -0.2) is 0 Å². The quantitative estimate of drug-likeness (QED) is 0.331. The summed E-state index contributed by atoms with van der Waals surface area (Å²) in [4.78, 5) is 24.6. The molecule has 0 atom stereocenters. The van der Waals surface area contributed by atoms with Crippen molar-refractivity contribution >= 4 is 44.9 Å². The first-order valence-electron chi connectivity index (χ1n) is 8.09. The van der Waals surface area contributed by atoms with Crippen LogP contribution in [-0.2, 0) is 4.79 Å². The highest BCUT2D eigenvalue weighted by Crippen LogP contribution is 2.38. The normalized spacial score (nSPS) is 14.7. The summed E-state index contributed by atoms with van der Waals surface area (Å²) in [5, 5.41) is 10.9. The number of furan rings is 1. The Kier molecular flexibility index (Phi) is 4.16. The Labute approximate surface area is 163 Å². The van der Waals surface area contributed by atoms with Crippen LogP contribution in [0.1, 0.15) is 11.3 Å². The average molecular weight is 425 g/mol. The molecular formula is C20H13BrN2O4. The summed E-state index contributed by atoms with van der Waals surface area (Å²) in [5.41, 5.74) is 2.98. The van der Waals surface area contributed by atoms with E-state index in [0.29, 0.717) is 27.1 Å². The number of halogens is 1. The number of amides is 1. The first-order chi connectivity index (χ1) is 13.0. The minimum atomic E-state index is -0.452. The highest BCUT2D eigenvalue weighted by molar-refractivity contribution is 9.10. The van der Waals surface area contributed by atoms with E-state index in [1.807, 2.05) is 24.3 Å². The lowest BCUT2D eigenvalue weighted by atomic mass is 10.1. The van der Waals surface area contributed by atoms with Crippen molar-refractivity contribution in [1.82, 2.24) is 0 Å². The van der Waals surface area contributed by atoms with Gasteiger partial charge < -0.3 is 9.32 Å². The van der Waals surface area contributed by atoms with Crippen molar-refractivity contribution in [3.63, 3.8) is 0 Å². The summed E-state index contributed by atoms with van der Waals surface area (Å²) in [5.74, 6) is 0.991. The second-order valence-electron chi connectivity index (χ2n) is 6.06. The number of non-ortho nitro benzene ring substituents is 1. The number of nitro benzene ring substituents is 1. The topological polar surface area (TPSA) is 76.6 Å². The van der Waals surface area contributed by atoms with Crippen LogP contribution in [0.25, 0.3) is 23.0 Å². The lowest BCUT2D eigenvalue weighted by Gasteiger charge is -2.07. The molecule has 0 unspecified atom stereocenters. The first kappa shape index (κ1) is 17.2. The van der Waals surface area contributed by atoms with Gasteiger partial charge in [0.05, 0.1) is 16.2 Å². The Morgan fingerprint density at radius 1 is 1.11 bits per heavy atom. The number of benzene rings is 2. The van der Waals surface area contributed by atoms with E-state index in [0.717, 1.165) is 11.3 Å². The molecule has 1 aliphatic rings. The molecule has 0 aliphatic carbocycles. The maximum atomic E-state index is 12.5. The van der Waals surface area contributed by atoms with E-state index >= 15 is 0 Å². The summed E-state index contributed by atoms with van der Waals surface area (Å²) in [7, 11) is 1.74. The number of likely N-dealkylation sites (N-methyl/N-ethyl adjacent to an activating group) is 1. The zero-order chi connectivity index (χ0) is 19.1. The number of hydrogen-bond donors (Lipinski definition) is 0. The van der Waals surface area contributed by atoms with Gasteiger partial charge in [0.15, 0.2) is 0 Å². The third kappa shape index (κ3) is 2.96. The predicted molar refractivity (Wildman–Crippen MR) is 106 cm³/mol. The van der Waals surface area contributed by atoms with Gasteiger partial charge in [0, 0.05) is 34.8 Å². The number of carbonyl (C=O) groups is 1. The van der Waals surface area contributed by atoms with E-state index < -0.39 is 4.92 Å². The number of fused-ring (bicyclic) bond motifs is 1. The summed E-state index contributed by atoms with van der Waals surface area (Å²) in [6.07, 6.45) is 1.72. The number of para-hydroxylation sites is 1. The van der Waals surface area contributed by atoms with Crippen molar-refractivity contribution in [3.05, 3.63) is 80.5 Å². The zero-order valence-electron chi connectivity index (χ0n) is 14.2. The van der Waals surface area contributed by atoms with E-state index in [1.54, 1.807) is 36.2 Å². The van der Waals surface area contributed by atoms with Gasteiger partial charge in [0.25, 0.3) is 11.6 Å². The van der Waals surface area contributed by atoms with E-state index in [9.17, 15) is 14.9 Å². The SMILES string of the molecule is CN1C(=O)C(=Cc2ccc(-c3ccc([N+](=O)[O-])cc3Br)o2)c2ccccc21. The molecule has 1 amide bonds. The maximum absolute atomic E-state index is 12.5. The number of hydrogen-bond acceptors (Lipinski definition) is 4. The van der Waals surface area contributed by atoms with Crippen molar-refractivity contribution in [2.24, 2.45) is 0 Å². The predicted octanol–water partition coefficient (Wildman–Crippen LogP) is 5.13. The standard InChI is InChI=1S/C20H13BrN2O4/c1-22-18-5-3-2-4-14(18)16(20(22)24)11-13-7-9-19(27-13)15-8-6-12(23(25)26)10-17(15)21/h2-11H,1H3. The number of anilines is 1. The van der Waals surface area contributed by atoms with Crippen molar-refractivity contribution in [3.8, 4) is 11.3 Å². The van der Waals surface area contributed by atoms with Crippen LogP contribution in [0.3, 0.4) is 0 Å². The van der Waals surface area contributed by atoms with Gasteiger partial charge in [0.2, 0.25) is 0 Å². The molecule has 0 bridgehead atoms. The van der Waals surface area contributed by atoms with Crippen LogP contribution >= 0.6 is 15.9 Å². The molecule has 3 aromatic rings. The zero-order valence-corrected chi connectivity index (χ0v) is 15.8. The van der Waals surface area contributed by atoms with Crippen LogP contribution in [0.4, 0.5) is 11.4 Å². The Morgan fingerprint density at radius 3 is 2.63 bits per heavy atom. The maximum Gasteiger partial charge on any atom is 0.270 e.